The normalized spacial score (nSPS) is 16.3. The molecule has 18 heavy (non-hydrogen) atoms. The van der Waals surface area contributed by atoms with E-state index in [9.17, 15) is 0 Å². The van der Waals surface area contributed by atoms with Crippen molar-refractivity contribution in [1.82, 2.24) is 19.6 Å². The highest BCUT2D eigenvalue weighted by atomic mass is 15.3. The molecule has 0 aromatic carbocycles. The molecular weight excluding hydrogens is 226 g/mol. The third-order valence-corrected chi connectivity index (χ3v) is 3.56. The molecule has 0 aliphatic heterocycles. The van der Waals surface area contributed by atoms with Gasteiger partial charge in [0.2, 0.25) is 0 Å². The fourth-order valence-corrected chi connectivity index (χ4v) is 2.55. The Morgan fingerprint density at radius 1 is 1.22 bits per heavy atom. The molecule has 1 fully saturated rings. The first-order chi connectivity index (χ1) is 8.81. The van der Waals surface area contributed by atoms with Crippen LogP contribution in [0.4, 0.5) is 5.69 Å². The second-order valence-corrected chi connectivity index (χ2v) is 5.02. The van der Waals surface area contributed by atoms with Gasteiger partial charge >= 0.3 is 0 Å². The molecule has 0 atom stereocenters. The predicted octanol–water partition coefficient (Wildman–Crippen LogP) is 2.34. The molecule has 1 N–H and O–H groups in total. The van der Waals surface area contributed by atoms with Crippen LogP contribution in [0.5, 0.6) is 0 Å². The van der Waals surface area contributed by atoms with Crippen molar-refractivity contribution in [1.29, 1.82) is 0 Å². The molecule has 2 aromatic rings. The van der Waals surface area contributed by atoms with Crippen molar-refractivity contribution < 1.29 is 0 Å². The fourth-order valence-electron chi connectivity index (χ4n) is 2.55. The number of hydrogen-bond acceptors (Lipinski definition) is 3. The van der Waals surface area contributed by atoms with Gasteiger partial charge in [-0.25, -0.2) is 0 Å². The van der Waals surface area contributed by atoms with Gasteiger partial charge in [0.25, 0.3) is 0 Å². The van der Waals surface area contributed by atoms with Gasteiger partial charge in [0.05, 0.1) is 24.1 Å². The molecule has 0 radical (unpaired) electrons. The molecule has 0 bridgehead atoms. The van der Waals surface area contributed by atoms with Gasteiger partial charge < -0.3 is 5.32 Å². The highest BCUT2D eigenvalue weighted by Gasteiger charge is 2.17. The molecule has 5 nitrogen and oxygen atoms in total. The second-order valence-electron chi connectivity index (χ2n) is 5.02. The van der Waals surface area contributed by atoms with Crippen LogP contribution >= 0.6 is 0 Å². The summed E-state index contributed by atoms with van der Waals surface area (Å²) in [5.74, 6) is 0. The topological polar surface area (TPSA) is 47.7 Å². The number of rotatable bonds is 4. The Balaban J connectivity index is 1.59. The number of nitrogens with one attached hydrogen (secondary N) is 1. The SMILES string of the molecule is Cn1cc(NCc2cnn(C3CCCC3)c2)cn1. The van der Waals surface area contributed by atoms with Crippen molar-refractivity contribution in [2.45, 2.75) is 38.3 Å². The minimum Gasteiger partial charge on any atom is -0.378 e. The van der Waals surface area contributed by atoms with Gasteiger partial charge in [-0.2, -0.15) is 10.2 Å². The fraction of sp³-hybridized carbons (Fsp3) is 0.538. The number of nitrogens with zero attached hydrogens (tertiary/aromatic N) is 4. The zero-order valence-corrected chi connectivity index (χ0v) is 10.7. The van der Waals surface area contributed by atoms with Crippen molar-refractivity contribution in [2.75, 3.05) is 5.32 Å². The third kappa shape index (κ3) is 2.39. The molecule has 1 aliphatic rings. The van der Waals surface area contributed by atoms with Gasteiger partial charge in [0.15, 0.2) is 0 Å². The molecule has 0 spiro atoms. The van der Waals surface area contributed by atoms with Crippen LogP contribution in [0.15, 0.2) is 24.8 Å². The predicted molar refractivity (Wildman–Crippen MR) is 70.3 cm³/mol. The molecular formula is C13H19N5. The summed E-state index contributed by atoms with van der Waals surface area (Å²) in [6.45, 7) is 0.804. The number of anilines is 1. The lowest BCUT2D eigenvalue weighted by atomic mass is 10.2. The van der Waals surface area contributed by atoms with E-state index in [1.165, 1.54) is 31.2 Å². The van der Waals surface area contributed by atoms with Crippen molar-refractivity contribution in [3.05, 3.63) is 30.4 Å². The van der Waals surface area contributed by atoms with Crippen LogP contribution in [0.25, 0.3) is 0 Å². The highest BCUT2D eigenvalue weighted by Crippen LogP contribution is 2.28. The Bertz CT molecular complexity index is 507. The van der Waals surface area contributed by atoms with Crippen molar-refractivity contribution in [2.24, 2.45) is 7.05 Å². The molecule has 2 heterocycles. The van der Waals surface area contributed by atoms with E-state index in [0.29, 0.717) is 6.04 Å². The first-order valence-corrected chi connectivity index (χ1v) is 6.57. The van der Waals surface area contributed by atoms with Gasteiger partial charge in [0, 0.05) is 31.5 Å². The Hall–Kier alpha value is -1.78. The van der Waals surface area contributed by atoms with E-state index < -0.39 is 0 Å². The summed E-state index contributed by atoms with van der Waals surface area (Å²) >= 11 is 0. The van der Waals surface area contributed by atoms with Gasteiger partial charge in [-0.15, -0.1) is 0 Å². The van der Waals surface area contributed by atoms with E-state index in [4.69, 9.17) is 0 Å². The summed E-state index contributed by atoms with van der Waals surface area (Å²) in [7, 11) is 1.92. The molecule has 3 rings (SSSR count). The van der Waals surface area contributed by atoms with E-state index in [-0.39, 0.29) is 0 Å². The van der Waals surface area contributed by atoms with Crippen molar-refractivity contribution in [3.63, 3.8) is 0 Å². The lowest BCUT2D eigenvalue weighted by molar-refractivity contribution is 0.466. The molecule has 5 heteroatoms. The molecule has 0 saturated heterocycles. The maximum atomic E-state index is 4.47. The summed E-state index contributed by atoms with van der Waals surface area (Å²) in [5.41, 5.74) is 2.27. The van der Waals surface area contributed by atoms with E-state index in [1.807, 2.05) is 25.6 Å². The van der Waals surface area contributed by atoms with Gasteiger partial charge in [-0.3, -0.25) is 9.36 Å². The number of aryl methyl sites for hydroxylation is 1. The van der Waals surface area contributed by atoms with Crippen molar-refractivity contribution in [3.8, 4) is 0 Å². The van der Waals surface area contributed by atoms with Crippen LogP contribution in [0.2, 0.25) is 0 Å². The largest absolute Gasteiger partial charge is 0.378 e. The quantitative estimate of drug-likeness (QED) is 0.899. The van der Waals surface area contributed by atoms with Crippen LogP contribution < -0.4 is 5.32 Å². The zero-order chi connectivity index (χ0) is 12.4. The standard InChI is InChI=1S/C13H19N5/c1-17-10-12(8-15-17)14-6-11-7-16-18(9-11)13-4-2-3-5-13/h7-10,13-14H,2-6H2,1H3. The van der Waals surface area contributed by atoms with Crippen LogP contribution in [-0.4, -0.2) is 19.6 Å². The van der Waals surface area contributed by atoms with E-state index in [0.717, 1.165) is 12.2 Å². The molecule has 1 aliphatic carbocycles. The first-order valence-electron chi connectivity index (χ1n) is 6.57. The van der Waals surface area contributed by atoms with Gasteiger partial charge in [0.1, 0.15) is 0 Å². The second kappa shape index (κ2) is 4.84. The summed E-state index contributed by atoms with van der Waals surface area (Å²) in [4.78, 5) is 0. The molecule has 0 amide bonds. The maximum absolute atomic E-state index is 4.47. The number of hydrogen-bond donors (Lipinski definition) is 1. The lowest BCUT2D eigenvalue weighted by Crippen LogP contribution is -2.04. The van der Waals surface area contributed by atoms with E-state index in [2.05, 4.69) is 26.4 Å². The molecule has 2 aromatic heterocycles. The van der Waals surface area contributed by atoms with Crippen LogP contribution in [0.1, 0.15) is 37.3 Å². The average molecular weight is 245 g/mol. The summed E-state index contributed by atoms with van der Waals surface area (Å²) in [6.07, 6.45) is 13.2. The highest BCUT2D eigenvalue weighted by molar-refractivity contribution is 5.38. The Morgan fingerprint density at radius 2 is 2.06 bits per heavy atom. The molecule has 0 unspecified atom stereocenters. The van der Waals surface area contributed by atoms with Gasteiger partial charge in [-0.1, -0.05) is 12.8 Å². The summed E-state index contributed by atoms with van der Waals surface area (Å²) in [6, 6.07) is 0.622. The summed E-state index contributed by atoms with van der Waals surface area (Å²) < 4.78 is 3.93. The smallest absolute Gasteiger partial charge is 0.0729 e. The van der Waals surface area contributed by atoms with Gasteiger partial charge in [-0.05, 0) is 12.8 Å². The minimum atomic E-state index is 0.622. The third-order valence-electron chi connectivity index (χ3n) is 3.56. The van der Waals surface area contributed by atoms with E-state index in [1.54, 1.807) is 4.68 Å². The van der Waals surface area contributed by atoms with Crippen LogP contribution in [-0.2, 0) is 13.6 Å². The van der Waals surface area contributed by atoms with Crippen LogP contribution in [0.3, 0.4) is 0 Å². The Labute approximate surface area is 107 Å². The Morgan fingerprint density at radius 3 is 2.78 bits per heavy atom. The zero-order valence-electron chi connectivity index (χ0n) is 10.7. The summed E-state index contributed by atoms with van der Waals surface area (Å²) in [5, 5.41) is 12.0. The molecule has 1 saturated carbocycles. The minimum absolute atomic E-state index is 0.622. The van der Waals surface area contributed by atoms with Crippen LogP contribution in [0, 0.1) is 0 Å². The molecule has 96 valence electrons. The lowest BCUT2D eigenvalue weighted by Gasteiger charge is -2.08. The maximum Gasteiger partial charge on any atom is 0.0729 e. The Kier molecular flexibility index (Phi) is 3.04. The first kappa shape index (κ1) is 11.3. The van der Waals surface area contributed by atoms with E-state index >= 15 is 0 Å². The average Bonchev–Trinajstić information content (AvgIpc) is 3.07. The number of aromatic nitrogens is 4. The monoisotopic (exact) mass is 245 g/mol. The van der Waals surface area contributed by atoms with Crippen molar-refractivity contribution >= 4 is 5.69 Å².